The summed E-state index contributed by atoms with van der Waals surface area (Å²) in [4.78, 5) is 31.9. The number of piperidine rings is 1. The number of amides is 2. The van der Waals surface area contributed by atoms with Crippen molar-refractivity contribution in [3.63, 3.8) is 0 Å². The van der Waals surface area contributed by atoms with E-state index >= 15 is 0 Å². The predicted molar refractivity (Wildman–Crippen MR) is 151 cm³/mol. The van der Waals surface area contributed by atoms with Crippen LogP contribution in [0.25, 0.3) is 33.5 Å². The number of alkyl carbamates (subject to hydrolysis) is 1. The van der Waals surface area contributed by atoms with Gasteiger partial charge in [0.25, 0.3) is 5.91 Å². The highest BCUT2D eigenvalue weighted by Gasteiger charge is 2.37. The maximum atomic E-state index is 14.4. The number of para-hydroxylation sites is 1. The first-order valence-electron chi connectivity index (χ1n) is 13.7. The second-order valence-corrected chi connectivity index (χ2v) is 11.5. The third-order valence-corrected chi connectivity index (χ3v) is 7.31. The number of carbonyl (C=O) groups excluding carboxylic acids is 2. The Morgan fingerprint density at radius 3 is 2.54 bits per heavy atom. The van der Waals surface area contributed by atoms with Crippen LogP contribution in [0.5, 0.6) is 0 Å². The van der Waals surface area contributed by atoms with E-state index in [1.165, 1.54) is 15.5 Å². The van der Waals surface area contributed by atoms with Crippen LogP contribution in [0.3, 0.4) is 0 Å². The summed E-state index contributed by atoms with van der Waals surface area (Å²) in [5.41, 5.74) is -0.0224. The highest BCUT2D eigenvalue weighted by atomic mass is 19.4. The second-order valence-electron chi connectivity index (χ2n) is 11.5. The summed E-state index contributed by atoms with van der Waals surface area (Å²) in [6.07, 6.45) is -4.08. The smallest absolute Gasteiger partial charge is 0.418 e. The third-order valence-electron chi connectivity index (χ3n) is 7.31. The molecule has 2 amide bonds. The first kappa shape index (κ1) is 28.5. The molecule has 11 heteroatoms. The fraction of sp³-hybridized carbons (Fsp3) is 0.433. The molecule has 4 aromatic rings. The van der Waals surface area contributed by atoms with Gasteiger partial charge in [-0.25, -0.2) is 9.78 Å². The van der Waals surface area contributed by atoms with E-state index in [0.29, 0.717) is 37.4 Å². The molecule has 218 valence electrons. The number of likely N-dealkylation sites (tertiary alicyclic amines) is 1. The second kappa shape index (κ2) is 10.4. The van der Waals surface area contributed by atoms with Crippen molar-refractivity contribution < 1.29 is 27.5 Å². The highest BCUT2D eigenvalue weighted by Crippen LogP contribution is 2.38. The molecule has 1 atom stereocenters. The molecule has 2 aromatic heterocycles. The minimum absolute atomic E-state index is 0.0833. The lowest BCUT2D eigenvalue weighted by Gasteiger charge is -2.33. The Balaban J connectivity index is 1.52. The number of alkyl halides is 3. The zero-order valence-electron chi connectivity index (χ0n) is 23.8. The number of fused-ring (bicyclic) bond motifs is 2. The van der Waals surface area contributed by atoms with Gasteiger partial charge >= 0.3 is 12.3 Å². The van der Waals surface area contributed by atoms with Gasteiger partial charge in [0.1, 0.15) is 5.60 Å². The van der Waals surface area contributed by atoms with E-state index in [2.05, 4.69) is 10.3 Å². The van der Waals surface area contributed by atoms with Crippen LogP contribution >= 0.6 is 0 Å². The number of hydrogen-bond acceptors (Lipinski definition) is 4. The zero-order chi connectivity index (χ0) is 29.7. The Morgan fingerprint density at radius 1 is 1.12 bits per heavy atom. The average Bonchev–Trinajstić information content (AvgIpc) is 3.43. The number of aromatic nitrogens is 3. The topological polar surface area (TPSA) is 81.4 Å². The fourth-order valence-corrected chi connectivity index (χ4v) is 5.59. The first-order valence-corrected chi connectivity index (χ1v) is 13.7. The standard InChI is InChI=1S/C30H34F3N5O3/c1-6-38-23-12-8-7-10-18(23)16-24(38)26-35-22-15-19(14-21(30(31,32)33)25(22)36(26)5)27(39)37-13-9-11-20(17-37)34-28(40)41-29(2,3)4/h7-8,10,12,14-16,20H,6,9,11,13,17H2,1-5H3,(H,34,40)/t20-/m1/s1. The van der Waals surface area contributed by atoms with Gasteiger partial charge in [0.05, 0.1) is 22.3 Å². The molecule has 0 aliphatic carbocycles. The summed E-state index contributed by atoms with van der Waals surface area (Å²) in [7, 11) is 1.57. The van der Waals surface area contributed by atoms with E-state index in [-0.39, 0.29) is 29.2 Å². The Morgan fingerprint density at radius 2 is 1.85 bits per heavy atom. The van der Waals surface area contributed by atoms with Gasteiger partial charge in [0.2, 0.25) is 0 Å². The van der Waals surface area contributed by atoms with Crippen LogP contribution in [0, 0.1) is 0 Å². The molecule has 1 fully saturated rings. The van der Waals surface area contributed by atoms with Crippen molar-refractivity contribution in [3.8, 4) is 11.5 Å². The van der Waals surface area contributed by atoms with Gasteiger partial charge in [-0.15, -0.1) is 0 Å². The number of imidazole rings is 1. The Bertz CT molecular complexity index is 1630. The number of nitrogens with one attached hydrogen (secondary N) is 1. The quantitative estimate of drug-likeness (QED) is 0.310. The van der Waals surface area contributed by atoms with E-state index in [1.807, 2.05) is 41.8 Å². The molecule has 1 aliphatic heterocycles. The van der Waals surface area contributed by atoms with Crippen LogP contribution in [0.15, 0.2) is 42.5 Å². The van der Waals surface area contributed by atoms with Crippen molar-refractivity contribution in [3.05, 3.63) is 53.6 Å². The molecule has 1 aliphatic rings. The van der Waals surface area contributed by atoms with Crippen LogP contribution in [-0.4, -0.2) is 55.8 Å². The molecule has 5 rings (SSSR count). The normalized spacial score (nSPS) is 16.4. The van der Waals surface area contributed by atoms with Crippen molar-refractivity contribution in [2.45, 2.75) is 64.9 Å². The summed E-state index contributed by atoms with van der Waals surface area (Å²) >= 11 is 0. The first-order chi connectivity index (χ1) is 19.3. The molecule has 0 saturated carbocycles. The molecule has 41 heavy (non-hydrogen) atoms. The van der Waals surface area contributed by atoms with Crippen molar-refractivity contribution in [2.24, 2.45) is 7.05 Å². The highest BCUT2D eigenvalue weighted by molar-refractivity contribution is 5.99. The summed E-state index contributed by atoms with van der Waals surface area (Å²) in [6.45, 7) is 8.37. The number of nitrogens with zero attached hydrogens (tertiary/aromatic N) is 4. The maximum absolute atomic E-state index is 14.4. The molecular weight excluding hydrogens is 535 g/mol. The Kier molecular flexibility index (Phi) is 7.25. The van der Waals surface area contributed by atoms with Crippen molar-refractivity contribution >= 4 is 33.9 Å². The number of halogens is 3. The van der Waals surface area contributed by atoms with Crippen molar-refractivity contribution in [2.75, 3.05) is 13.1 Å². The summed E-state index contributed by atoms with van der Waals surface area (Å²) in [5.74, 6) is -0.157. The number of aryl methyl sites for hydroxylation is 2. The number of rotatable bonds is 4. The summed E-state index contributed by atoms with van der Waals surface area (Å²) in [5, 5.41) is 3.74. The van der Waals surface area contributed by atoms with Gasteiger partial charge in [0, 0.05) is 49.2 Å². The van der Waals surface area contributed by atoms with Gasteiger partial charge < -0.3 is 24.1 Å². The lowest BCUT2D eigenvalue weighted by Crippen LogP contribution is -2.50. The minimum Gasteiger partial charge on any atom is -0.444 e. The van der Waals surface area contributed by atoms with Crippen molar-refractivity contribution in [1.82, 2.24) is 24.3 Å². The third kappa shape index (κ3) is 5.62. The summed E-state index contributed by atoms with van der Waals surface area (Å²) in [6, 6.07) is 11.6. The molecule has 2 aromatic carbocycles. The zero-order valence-corrected chi connectivity index (χ0v) is 23.8. The SMILES string of the molecule is CCn1c(-c2nc3cc(C(=O)N4CCC[C@@H](NC(=O)OC(C)(C)C)C4)cc(C(F)(F)F)c3n2C)cc2ccccc21. The van der Waals surface area contributed by atoms with E-state index < -0.39 is 29.3 Å². The molecule has 0 radical (unpaired) electrons. The molecule has 0 spiro atoms. The van der Waals surface area contributed by atoms with E-state index in [4.69, 9.17) is 4.74 Å². The largest absolute Gasteiger partial charge is 0.444 e. The van der Waals surface area contributed by atoms with E-state index in [9.17, 15) is 22.8 Å². The van der Waals surface area contributed by atoms with Crippen LogP contribution in [0.2, 0.25) is 0 Å². The van der Waals surface area contributed by atoms with Crippen LogP contribution in [0.1, 0.15) is 56.5 Å². The molecule has 1 N–H and O–H groups in total. The number of hydrogen-bond donors (Lipinski definition) is 1. The molecule has 3 heterocycles. The minimum atomic E-state index is -4.71. The number of carbonyl (C=O) groups is 2. The Labute approximate surface area is 236 Å². The molecule has 8 nitrogen and oxygen atoms in total. The molecule has 0 unspecified atom stereocenters. The maximum Gasteiger partial charge on any atom is 0.418 e. The van der Waals surface area contributed by atoms with E-state index in [1.54, 1.807) is 27.8 Å². The van der Waals surface area contributed by atoms with Crippen LogP contribution < -0.4 is 5.32 Å². The average molecular weight is 570 g/mol. The van der Waals surface area contributed by atoms with Gasteiger partial charge in [-0.05, 0) is 64.8 Å². The number of ether oxygens (including phenoxy) is 1. The van der Waals surface area contributed by atoms with E-state index in [0.717, 1.165) is 17.0 Å². The van der Waals surface area contributed by atoms with Crippen molar-refractivity contribution in [1.29, 1.82) is 0 Å². The Hall–Kier alpha value is -4.02. The fourth-order valence-electron chi connectivity index (χ4n) is 5.59. The molecule has 0 bridgehead atoms. The molecule has 1 saturated heterocycles. The van der Waals surface area contributed by atoms with Gasteiger partial charge in [-0.1, -0.05) is 18.2 Å². The monoisotopic (exact) mass is 569 g/mol. The van der Waals surface area contributed by atoms with Crippen LogP contribution in [0.4, 0.5) is 18.0 Å². The summed E-state index contributed by atoms with van der Waals surface area (Å²) < 4.78 is 52.0. The van der Waals surface area contributed by atoms with Gasteiger partial charge in [-0.3, -0.25) is 4.79 Å². The number of benzene rings is 2. The van der Waals surface area contributed by atoms with Gasteiger partial charge in [0.15, 0.2) is 5.82 Å². The van der Waals surface area contributed by atoms with Crippen LogP contribution in [-0.2, 0) is 24.5 Å². The predicted octanol–water partition coefficient (Wildman–Crippen LogP) is 6.36. The van der Waals surface area contributed by atoms with Gasteiger partial charge in [-0.2, -0.15) is 13.2 Å². The molecular formula is C30H34F3N5O3. The lowest BCUT2D eigenvalue weighted by molar-refractivity contribution is -0.136. The lowest BCUT2D eigenvalue weighted by atomic mass is 10.0.